The predicted molar refractivity (Wildman–Crippen MR) is 102 cm³/mol. The van der Waals surface area contributed by atoms with Crippen LogP contribution in [-0.2, 0) is 9.59 Å². The fourth-order valence-corrected chi connectivity index (χ4v) is 3.02. The Labute approximate surface area is 156 Å². The second kappa shape index (κ2) is 10.2. The zero-order valence-electron chi connectivity index (χ0n) is 16.2. The van der Waals surface area contributed by atoms with Gasteiger partial charge in [-0.1, -0.05) is 26.0 Å². The number of likely N-dealkylation sites (N-methyl/N-ethyl adjacent to an activating group) is 1. The number of nitrogens with one attached hydrogen (secondary N) is 1. The van der Waals surface area contributed by atoms with E-state index in [2.05, 4.69) is 24.1 Å². The first-order chi connectivity index (χ1) is 12.5. The van der Waals surface area contributed by atoms with Gasteiger partial charge in [-0.2, -0.15) is 0 Å². The predicted octanol–water partition coefficient (Wildman–Crippen LogP) is 1.86. The van der Waals surface area contributed by atoms with Gasteiger partial charge in [0.2, 0.25) is 5.91 Å². The molecule has 1 aliphatic rings. The Hall–Kier alpha value is -2.08. The van der Waals surface area contributed by atoms with Gasteiger partial charge in [0.1, 0.15) is 5.75 Å². The maximum Gasteiger partial charge on any atom is 0.260 e. The van der Waals surface area contributed by atoms with Gasteiger partial charge in [0.15, 0.2) is 6.61 Å². The highest BCUT2D eigenvalue weighted by Gasteiger charge is 2.20. The standard InChI is InChI=1S/C20H31N3O3/c1-4-21-19(24)14-22-10-5-11-23(13-12-22)20(25)15-26-18-8-6-17(7-9-18)16(2)3/h6-9,16H,4-5,10-15H2,1-3H3,(H,21,24). The molecule has 0 atom stereocenters. The van der Waals surface area contributed by atoms with E-state index in [1.807, 2.05) is 36.1 Å². The van der Waals surface area contributed by atoms with Crippen LogP contribution in [0.3, 0.4) is 0 Å². The van der Waals surface area contributed by atoms with Crippen molar-refractivity contribution in [3.63, 3.8) is 0 Å². The van der Waals surface area contributed by atoms with Crippen LogP contribution in [0.4, 0.5) is 0 Å². The first-order valence-corrected chi connectivity index (χ1v) is 9.49. The molecular formula is C20H31N3O3. The summed E-state index contributed by atoms with van der Waals surface area (Å²) in [4.78, 5) is 28.1. The number of ether oxygens (including phenoxy) is 1. The third-order valence-corrected chi connectivity index (χ3v) is 4.59. The van der Waals surface area contributed by atoms with Crippen LogP contribution in [0.2, 0.25) is 0 Å². The average molecular weight is 361 g/mol. The number of hydrogen-bond acceptors (Lipinski definition) is 4. The minimum absolute atomic E-state index is 0.00204. The summed E-state index contributed by atoms with van der Waals surface area (Å²) in [6.45, 7) is 10.2. The minimum Gasteiger partial charge on any atom is -0.484 e. The Morgan fingerprint density at radius 1 is 1.12 bits per heavy atom. The summed E-state index contributed by atoms with van der Waals surface area (Å²) >= 11 is 0. The Morgan fingerprint density at radius 3 is 2.50 bits per heavy atom. The monoisotopic (exact) mass is 361 g/mol. The van der Waals surface area contributed by atoms with Gasteiger partial charge in [0.25, 0.3) is 5.91 Å². The van der Waals surface area contributed by atoms with E-state index in [0.717, 1.165) is 18.7 Å². The van der Waals surface area contributed by atoms with E-state index in [-0.39, 0.29) is 18.4 Å². The molecule has 1 aliphatic heterocycles. The van der Waals surface area contributed by atoms with Crippen molar-refractivity contribution >= 4 is 11.8 Å². The van der Waals surface area contributed by atoms with E-state index in [4.69, 9.17) is 4.74 Å². The van der Waals surface area contributed by atoms with Crippen molar-refractivity contribution in [2.45, 2.75) is 33.1 Å². The van der Waals surface area contributed by atoms with Crippen molar-refractivity contribution in [2.75, 3.05) is 45.9 Å². The zero-order chi connectivity index (χ0) is 18.9. The van der Waals surface area contributed by atoms with Crippen LogP contribution in [0.25, 0.3) is 0 Å². The Balaban J connectivity index is 1.78. The van der Waals surface area contributed by atoms with Crippen molar-refractivity contribution in [3.8, 4) is 5.75 Å². The molecule has 1 saturated heterocycles. The van der Waals surface area contributed by atoms with Crippen molar-refractivity contribution < 1.29 is 14.3 Å². The van der Waals surface area contributed by atoms with E-state index in [1.165, 1.54) is 5.56 Å². The molecule has 6 nitrogen and oxygen atoms in total. The van der Waals surface area contributed by atoms with Gasteiger partial charge >= 0.3 is 0 Å². The first kappa shape index (κ1) is 20.2. The molecule has 0 aliphatic carbocycles. The normalized spacial score (nSPS) is 15.6. The van der Waals surface area contributed by atoms with Gasteiger partial charge in [-0.15, -0.1) is 0 Å². The highest BCUT2D eigenvalue weighted by atomic mass is 16.5. The summed E-state index contributed by atoms with van der Waals surface area (Å²) in [6, 6.07) is 7.91. The molecule has 2 amide bonds. The van der Waals surface area contributed by atoms with Gasteiger partial charge in [-0.25, -0.2) is 0 Å². The molecule has 1 aromatic carbocycles. The third-order valence-electron chi connectivity index (χ3n) is 4.59. The lowest BCUT2D eigenvalue weighted by Gasteiger charge is -2.21. The molecule has 2 rings (SSSR count). The van der Waals surface area contributed by atoms with E-state index in [9.17, 15) is 9.59 Å². The Morgan fingerprint density at radius 2 is 1.85 bits per heavy atom. The number of rotatable bonds is 7. The summed E-state index contributed by atoms with van der Waals surface area (Å²) < 4.78 is 5.65. The number of nitrogens with zero attached hydrogens (tertiary/aromatic N) is 2. The van der Waals surface area contributed by atoms with Crippen molar-refractivity contribution in [2.24, 2.45) is 0 Å². The zero-order valence-corrected chi connectivity index (χ0v) is 16.2. The number of benzene rings is 1. The molecule has 0 aromatic heterocycles. The van der Waals surface area contributed by atoms with Gasteiger partial charge in [0, 0.05) is 32.7 Å². The quantitative estimate of drug-likeness (QED) is 0.805. The summed E-state index contributed by atoms with van der Waals surface area (Å²) in [6.07, 6.45) is 0.869. The lowest BCUT2D eigenvalue weighted by molar-refractivity contribution is -0.133. The minimum atomic E-state index is -0.00204. The van der Waals surface area contributed by atoms with Crippen LogP contribution < -0.4 is 10.1 Å². The molecule has 6 heteroatoms. The summed E-state index contributed by atoms with van der Waals surface area (Å²) in [5.41, 5.74) is 1.25. The fourth-order valence-electron chi connectivity index (χ4n) is 3.02. The lowest BCUT2D eigenvalue weighted by Crippen LogP contribution is -2.40. The highest BCUT2D eigenvalue weighted by molar-refractivity contribution is 5.78. The second-order valence-corrected chi connectivity index (χ2v) is 6.98. The smallest absolute Gasteiger partial charge is 0.260 e. The molecule has 1 heterocycles. The molecule has 1 aromatic rings. The Bertz CT molecular complexity index is 586. The van der Waals surface area contributed by atoms with Crippen LogP contribution in [0.5, 0.6) is 5.75 Å². The van der Waals surface area contributed by atoms with Gasteiger partial charge in [-0.3, -0.25) is 14.5 Å². The highest BCUT2D eigenvalue weighted by Crippen LogP contribution is 2.18. The summed E-state index contributed by atoms with van der Waals surface area (Å²) in [5.74, 6) is 1.24. The van der Waals surface area contributed by atoms with Crippen molar-refractivity contribution in [1.82, 2.24) is 15.1 Å². The molecule has 0 spiro atoms. The maximum atomic E-state index is 12.4. The maximum absolute atomic E-state index is 12.4. The van der Waals surface area contributed by atoms with Crippen LogP contribution in [0.1, 0.15) is 38.7 Å². The number of hydrogen-bond donors (Lipinski definition) is 1. The van der Waals surface area contributed by atoms with E-state index in [0.29, 0.717) is 38.6 Å². The molecule has 26 heavy (non-hydrogen) atoms. The SMILES string of the molecule is CCNC(=O)CN1CCCN(C(=O)COc2ccc(C(C)C)cc2)CC1. The molecule has 0 saturated carbocycles. The van der Waals surface area contributed by atoms with Crippen LogP contribution in [0.15, 0.2) is 24.3 Å². The fraction of sp³-hybridized carbons (Fsp3) is 0.600. The summed E-state index contributed by atoms with van der Waals surface area (Å²) in [7, 11) is 0. The van der Waals surface area contributed by atoms with Gasteiger partial charge in [0.05, 0.1) is 6.54 Å². The Kier molecular flexibility index (Phi) is 7.91. The number of carbonyl (C=O) groups is 2. The first-order valence-electron chi connectivity index (χ1n) is 9.49. The molecule has 0 radical (unpaired) electrons. The van der Waals surface area contributed by atoms with Gasteiger partial charge in [-0.05, 0) is 37.0 Å². The van der Waals surface area contributed by atoms with Crippen LogP contribution in [-0.4, -0.2) is 67.5 Å². The largest absolute Gasteiger partial charge is 0.484 e. The van der Waals surface area contributed by atoms with Crippen molar-refractivity contribution in [1.29, 1.82) is 0 Å². The van der Waals surface area contributed by atoms with E-state index >= 15 is 0 Å². The van der Waals surface area contributed by atoms with Crippen LogP contribution in [0, 0.1) is 0 Å². The topological polar surface area (TPSA) is 61.9 Å². The number of carbonyl (C=O) groups excluding carboxylic acids is 2. The molecule has 1 fully saturated rings. The van der Waals surface area contributed by atoms with Crippen LogP contribution >= 0.6 is 0 Å². The average Bonchev–Trinajstić information content (AvgIpc) is 2.86. The van der Waals surface area contributed by atoms with E-state index < -0.39 is 0 Å². The third kappa shape index (κ3) is 6.33. The molecule has 1 N–H and O–H groups in total. The number of amides is 2. The molecular weight excluding hydrogens is 330 g/mol. The second-order valence-electron chi connectivity index (χ2n) is 6.98. The van der Waals surface area contributed by atoms with Crippen molar-refractivity contribution in [3.05, 3.63) is 29.8 Å². The molecule has 0 bridgehead atoms. The molecule has 144 valence electrons. The lowest BCUT2D eigenvalue weighted by atomic mass is 10.0. The summed E-state index contributed by atoms with van der Waals surface area (Å²) in [5, 5.41) is 2.82. The van der Waals surface area contributed by atoms with E-state index in [1.54, 1.807) is 0 Å². The van der Waals surface area contributed by atoms with Gasteiger partial charge < -0.3 is 15.0 Å². The molecule has 0 unspecified atom stereocenters.